The molecule has 1 N–H and O–H groups in total. The number of rotatable bonds is 6. The molecule has 1 aromatic carbocycles. The summed E-state index contributed by atoms with van der Waals surface area (Å²) in [7, 11) is 2.18. The first-order valence-electron chi connectivity index (χ1n) is 8.80. The van der Waals surface area contributed by atoms with E-state index in [0.29, 0.717) is 6.61 Å². The van der Waals surface area contributed by atoms with Crippen molar-refractivity contribution in [3.05, 3.63) is 35.9 Å². The van der Waals surface area contributed by atoms with Crippen LogP contribution in [0.3, 0.4) is 0 Å². The van der Waals surface area contributed by atoms with Crippen LogP contribution in [0, 0.1) is 5.92 Å². The molecule has 2 aliphatic rings. The van der Waals surface area contributed by atoms with Crippen LogP contribution in [0.15, 0.2) is 30.3 Å². The third-order valence-electron chi connectivity index (χ3n) is 5.48. The fraction of sp³-hybridized carbons (Fsp3) is 0.632. The maximum atomic E-state index is 12.4. The van der Waals surface area contributed by atoms with E-state index in [1.807, 2.05) is 0 Å². The number of hydrogen-bond donors (Lipinski definition) is 1. The molecule has 1 aliphatic carbocycles. The predicted molar refractivity (Wildman–Crippen MR) is 91.0 cm³/mol. The van der Waals surface area contributed by atoms with Crippen molar-refractivity contribution in [2.24, 2.45) is 5.92 Å². The van der Waals surface area contributed by atoms with Crippen LogP contribution in [0.5, 0.6) is 0 Å². The van der Waals surface area contributed by atoms with Crippen molar-refractivity contribution in [3.63, 3.8) is 0 Å². The first-order chi connectivity index (χ1) is 11.2. The molecule has 0 spiro atoms. The Morgan fingerprint density at radius 3 is 2.70 bits per heavy atom. The lowest BCUT2D eigenvalue weighted by molar-refractivity contribution is -0.130. The van der Waals surface area contributed by atoms with Crippen molar-refractivity contribution in [3.8, 4) is 0 Å². The fourth-order valence-electron chi connectivity index (χ4n) is 3.65. The molecule has 1 saturated carbocycles. The molecule has 1 amide bonds. The third-order valence-corrected chi connectivity index (χ3v) is 5.48. The molecule has 1 saturated heterocycles. The van der Waals surface area contributed by atoms with Gasteiger partial charge in [0, 0.05) is 25.2 Å². The zero-order valence-corrected chi connectivity index (χ0v) is 14.1. The van der Waals surface area contributed by atoms with Gasteiger partial charge in [0.2, 0.25) is 5.91 Å². The van der Waals surface area contributed by atoms with Crippen molar-refractivity contribution < 1.29 is 9.53 Å². The van der Waals surface area contributed by atoms with Crippen molar-refractivity contribution in [2.45, 2.75) is 44.2 Å². The number of carbonyl (C=O) groups is 1. The number of benzene rings is 1. The molecule has 126 valence electrons. The Morgan fingerprint density at radius 2 is 2.09 bits per heavy atom. The van der Waals surface area contributed by atoms with Crippen molar-refractivity contribution in [2.75, 3.05) is 26.8 Å². The van der Waals surface area contributed by atoms with Crippen LogP contribution >= 0.6 is 0 Å². The first-order valence-corrected chi connectivity index (χ1v) is 8.80. The van der Waals surface area contributed by atoms with Crippen LogP contribution in [-0.2, 0) is 16.1 Å². The average Bonchev–Trinajstić information content (AvgIpc) is 2.55. The molecule has 4 nitrogen and oxygen atoms in total. The molecular weight excluding hydrogens is 288 g/mol. The highest BCUT2D eigenvalue weighted by molar-refractivity contribution is 5.78. The second-order valence-corrected chi connectivity index (χ2v) is 7.05. The lowest BCUT2D eigenvalue weighted by atomic mass is 9.75. The van der Waals surface area contributed by atoms with Gasteiger partial charge in [-0.3, -0.25) is 9.69 Å². The zero-order chi connectivity index (χ0) is 16.1. The van der Waals surface area contributed by atoms with E-state index in [9.17, 15) is 4.79 Å². The number of likely N-dealkylation sites (N-methyl/N-ethyl adjacent to an activating group) is 1. The lowest BCUT2D eigenvalue weighted by Gasteiger charge is -2.49. The van der Waals surface area contributed by atoms with E-state index in [-0.39, 0.29) is 17.4 Å². The summed E-state index contributed by atoms with van der Waals surface area (Å²) in [5.74, 6) is 0.212. The van der Waals surface area contributed by atoms with Gasteiger partial charge in [0.15, 0.2) is 0 Å². The number of amides is 1. The van der Waals surface area contributed by atoms with Crippen molar-refractivity contribution >= 4 is 5.91 Å². The molecule has 3 rings (SSSR count). The summed E-state index contributed by atoms with van der Waals surface area (Å²) in [4.78, 5) is 14.8. The molecule has 2 fully saturated rings. The zero-order valence-electron chi connectivity index (χ0n) is 14.1. The Kier molecular flexibility index (Phi) is 5.34. The van der Waals surface area contributed by atoms with Gasteiger partial charge < -0.3 is 10.1 Å². The van der Waals surface area contributed by atoms with Crippen LogP contribution in [0.4, 0.5) is 0 Å². The molecule has 0 radical (unpaired) electrons. The molecule has 1 heterocycles. The quantitative estimate of drug-likeness (QED) is 0.877. The topological polar surface area (TPSA) is 41.6 Å². The predicted octanol–water partition coefficient (Wildman–Crippen LogP) is 2.58. The Labute approximate surface area is 139 Å². The number of nitrogens with one attached hydrogen (secondary N) is 1. The van der Waals surface area contributed by atoms with Crippen LogP contribution in [0.2, 0.25) is 0 Å². The van der Waals surface area contributed by atoms with Crippen molar-refractivity contribution in [1.82, 2.24) is 10.2 Å². The van der Waals surface area contributed by atoms with Gasteiger partial charge in [-0.15, -0.1) is 0 Å². The van der Waals surface area contributed by atoms with E-state index in [1.54, 1.807) is 0 Å². The minimum Gasteiger partial charge on any atom is -0.381 e. The molecule has 1 aliphatic heterocycles. The number of hydrogen-bond acceptors (Lipinski definition) is 3. The second-order valence-electron chi connectivity index (χ2n) is 7.05. The van der Waals surface area contributed by atoms with Gasteiger partial charge in [0.25, 0.3) is 0 Å². The number of ether oxygens (including phenoxy) is 1. The van der Waals surface area contributed by atoms with E-state index in [2.05, 4.69) is 47.6 Å². The minimum absolute atomic E-state index is 0.0419. The molecule has 4 heteroatoms. The van der Waals surface area contributed by atoms with Gasteiger partial charge in [-0.25, -0.2) is 0 Å². The fourth-order valence-corrected chi connectivity index (χ4v) is 3.65. The van der Waals surface area contributed by atoms with E-state index in [0.717, 1.165) is 45.4 Å². The minimum atomic E-state index is 0.0419. The van der Waals surface area contributed by atoms with Gasteiger partial charge >= 0.3 is 0 Å². The Balaban J connectivity index is 1.54. The van der Waals surface area contributed by atoms with E-state index in [4.69, 9.17) is 4.74 Å². The Bertz CT molecular complexity index is 507. The molecular formula is C19H28N2O2. The maximum Gasteiger partial charge on any atom is 0.225 e. The summed E-state index contributed by atoms with van der Waals surface area (Å²) >= 11 is 0. The normalized spacial score (nSPS) is 23.3. The monoisotopic (exact) mass is 316 g/mol. The largest absolute Gasteiger partial charge is 0.381 e. The summed E-state index contributed by atoms with van der Waals surface area (Å²) < 4.78 is 5.43. The number of nitrogens with zero attached hydrogens (tertiary/aromatic N) is 1. The highest BCUT2D eigenvalue weighted by Crippen LogP contribution is 2.37. The molecule has 0 bridgehead atoms. The SMILES string of the molecule is CN(Cc1ccccc1)C1(CNC(=O)[C@@H]2CCCOC2)CCC1. The Morgan fingerprint density at radius 1 is 1.30 bits per heavy atom. The standard InChI is InChI=1S/C19H28N2O2/c1-21(13-16-7-3-2-4-8-16)19(10-6-11-19)15-20-18(22)17-9-5-12-23-14-17/h2-4,7-8,17H,5-6,9-15H2,1H3,(H,20,22)/t17-/m1/s1. The first kappa shape index (κ1) is 16.5. The molecule has 1 aromatic rings. The van der Waals surface area contributed by atoms with Gasteiger partial charge in [0.05, 0.1) is 12.5 Å². The molecule has 23 heavy (non-hydrogen) atoms. The summed E-state index contributed by atoms with van der Waals surface area (Å²) in [6.07, 6.45) is 5.53. The van der Waals surface area contributed by atoms with Crippen molar-refractivity contribution in [1.29, 1.82) is 0 Å². The average molecular weight is 316 g/mol. The number of carbonyl (C=O) groups excluding carboxylic acids is 1. The van der Waals surface area contributed by atoms with Gasteiger partial charge in [-0.05, 0) is 44.7 Å². The highest BCUT2D eigenvalue weighted by atomic mass is 16.5. The molecule has 0 aromatic heterocycles. The van der Waals surface area contributed by atoms with Crippen LogP contribution in [0.1, 0.15) is 37.7 Å². The summed E-state index contributed by atoms with van der Waals surface area (Å²) in [6.45, 7) is 3.07. The second kappa shape index (κ2) is 7.45. The smallest absolute Gasteiger partial charge is 0.225 e. The maximum absolute atomic E-state index is 12.4. The van der Waals surface area contributed by atoms with E-state index in [1.165, 1.54) is 12.0 Å². The molecule has 1 atom stereocenters. The lowest BCUT2D eigenvalue weighted by Crippen LogP contribution is -2.58. The van der Waals surface area contributed by atoms with Crippen LogP contribution in [0.25, 0.3) is 0 Å². The summed E-state index contributed by atoms with van der Waals surface area (Å²) in [5.41, 5.74) is 1.45. The van der Waals surface area contributed by atoms with Crippen LogP contribution in [-0.4, -0.2) is 43.2 Å². The third kappa shape index (κ3) is 3.93. The molecule has 0 unspecified atom stereocenters. The Hall–Kier alpha value is -1.39. The van der Waals surface area contributed by atoms with E-state index >= 15 is 0 Å². The van der Waals surface area contributed by atoms with E-state index < -0.39 is 0 Å². The van der Waals surface area contributed by atoms with Gasteiger partial charge in [0.1, 0.15) is 0 Å². The summed E-state index contributed by atoms with van der Waals surface area (Å²) in [6, 6.07) is 10.6. The van der Waals surface area contributed by atoms with Crippen LogP contribution < -0.4 is 5.32 Å². The highest BCUT2D eigenvalue weighted by Gasteiger charge is 2.41. The van der Waals surface area contributed by atoms with Gasteiger partial charge in [-0.1, -0.05) is 30.3 Å². The van der Waals surface area contributed by atoms with Gasteiger partial charge in [-0.2, -0.15) is 0 Å². The summed E-state index contributed by atoms with van der Waals surface area (Å²) in [5, 5.41) is 3.20.